The van der Waals surface area contributed by atoms with Crippen molar-refractivity contribution in [3.63, 3.8) is 0 Å². The quantitative estimate of drug-likeness (QED) is 0.676. The third kappa shape index (κ3) is 5.99. The predicted octanol–water partition coefficient (Wildman–Crippen LogP) is 3.49. The summed E-state index contributed by atoms with van der Waals surface area (Å²) in [5.41, 5.74) is 3.54. The zero-order chi connectivity index (χ0) is 18.8. The van der Waals surface area contributed by atoms with Crippen LogP contribution in [0.1, 0.15) is 23.1 Å². The number of urea groups is 1. The summed E-state index contributed by atoms with van der Waals surface area (Å²) >= 11 is 0. The second kappa shape index (κ2) is 10.3. The summed E-state index contributed by atoms with van der Waals surface area (Å²) in [7, 11) is 3.25. The van der Waals surface area contributed by atoms with Crippen molar-refractivity contribution in [1.82, 2.24) is 10.6 Å². The molecule has 5 heteroatoms. The Hall–Kier alpha value is -2.69. The number of ether oxygens (including phenoxy) is 2. The Labute approximate surface area is 155 Å². The third-order valence-electron chi connectivity index (χ3n) is 4.29. The molecular weight excluding hydrogens is 328 g/mol. The minimum Gasteiger partial charge on any atom is -0.493 e. The molecule has 0 heterocycles. The van der Waals surface area contributed by atoms with Crippen LogP contribution in [0.3, 0.4) is 0 Å². The van der Waals surface area contributed by atoms with Gasteiger partial charge in [0.25, 0.3) is 0 Å². The number of aryl methyl sites for hydroxylation is 2. The molecule has 2 N–H and O–H groups in total. The Balaban J connectivity index is 1.69. The van der Waals surface area contributed by atoms with Gasteiger partial charge in [0.1, 0.15) is 0 Å². The predicted molar refractivity (Wildman–Crippen MR) is 104 cm³/mol. The zero-order valence-corrected chi connectivity index (χ0v) is 15.8. The fraction of sp³-hybridized carbons (Fsp3) is 0.381. The lowest BCUT2D eigenvalue weighted by Crippen LogP contribution is -2.37. The van der Waals surface area contributed by atoms with Crippen molar-refractivity contribution in [2.75, 3.05) is 27.3 Å². The Bertz CT molecular complexity index is 702. The maximum absolute atomic E-state index is 11.9. The highest BCUT2D eigenvalue weighted by Gasteiger charge is 2.09. The number of hydrogen-bond acceptors (Lipinski definition) is 3. The molecule has 0 aromatic heterocycles. The van der Waals surface area contributed by atoms with Crippen molar-refractivity contribution in [1.29, 1.82) is 0 Å². The maximum atomic E-state index is 11.9. The molecule has 0 fully saturated rings. The van der Waals surface area contributed by atoms with Gasteiger partial charge in [-0.25, -0.2) is 4.79 Å². The van der Waals surface area contributed by atoms with E-state index in [-0.39, 0.29) is 6.03 Å². The normalized spacial score (nSPS) is 10.3. The molecule has 140 valence electrons. The highest BCUT2D eigenvalue weighted by molar-refractivity contribution is 5.73. The van der Waals surface area contributed by atoms with E-state index in [0.29, 0.717) is 18.8 Å². The van der Waals surface area contributed by atoms with Crippen molar-refractivity contribution in [3.05, 3.63) is 59.2 Å². The topological polar surface area (TPSA) is 59.6 Å². The highest BCUT2D eigenvalue weighted by Crippen LogP contribution is 2.30. The first kappa shape index (κ1) is 19.6. The molecule has 5 nitrogen and oxygen atoms in total. The average Bonchev–Trinajstić information content (AvgIpc) is 2.67. The Kier molecular flexibility index (Phi) is 7.80. The molecule has 0 radical (unpaired) electrons. The number of rotatable bonds is 9. The molecule has 2 rings (SSSR count). The summed E-state index contributed by atoms with van der Waals surface area (Å²) in [6.07, 6.45) is 2.63. The largest absolute Gasteiger partial charge is 0.493 e. The van der Waals surface area contributed by atoms with Gasteiger partial charge in [0, 0.05) is 13.1 Å². The lowest BCUT2D eigenvalue weighted by molar-refractivity contribution is 0.241. The number of nitrogens with one attached hydrogen (secondary N) is 2. The van der Waals surface area contributed by atoms with Gasteiger partial charge in [-0.3, -0.25) is 0 Å². The summed E-state index contributed by atoms with van der Waals surface area (Å²) in [6.45, 7) is 3.26. The van der Waals surface area contributed by atoms with Gasteiger partial charge < -0.3 is 20.1 Å². The van der Waals surface area contributed by atoms with Gasteiger partial charge in [0.15, 0.2) is 11.5 Å². The van der Waals surface area contributed by atoms with Crippen LogP contribution in [0.25, 0.3) is 0 Å². The third-order valence-corrected chi connectivity index (χ3v) is 4.29. The van der Waals surface area contributed by atoms with Gasteiger partial charge in [0.05, 0.1) is 14.2 Å². The van der Waals surface area contributed by atoms with Crippen LogP contribution >= 0.6 is 0 Å². The molecule has 0 atom stereocenters. The van der Waals surface area contributed by atoms with E-state index in [2.05, 4.69) is 22.8 Å². The van der Waals surface area contributed by atoms with Crippen molar-refractivity contribution in [3.8, 4) is 11.5 Å². The first-order valence-corrected chi connectivity index (χ1v) is 8.91. The van der Waals surface area contributed by atoms with E-state index in [0.717, 1.165) is 36.1 Å². The molecule has 0 aliphatic carbocycles. The standard InChI is InChI=1S/C21H28N2O3/c1-16-14-19(25-2)20(26-3)15-18(16)11-13-23-21(24)22-12-7-10-17-8-5-4-6-9-17/h4-6,8-9,14-15H,7,10-13H2,1-3H3,(H2,22,23,24). The second-order valence-corrected chi connectivity index (χ2v) is 6.16. The van der Waals surface area contributed by atoms with Crippen molar-refractivity contribution in [2.24, 2.45) is 0 Å². The number of hydrogen-bond donors (Lipinski definition) is 2. The molecule has 0 spiro atoms. The van der Waals surface area contributed by atoms with Crippen molar-refractivity contribution in [2.45, 2.75) is 26.2 Å². The Morgan fingerprint density at radius 3 is 2.27 bits per heavy atom. The molecule has 2 amide bonds. The Morgan fingerprint density at radius 1 is 0.923 bits per heavy atom. The van der Waals surface area contributed by atoms with Crippen LogP contribution in [0.2, 0.25) is 0 Å². The summed E-state index contributed by atoms with van der Waals surface area (Å²) < 4.78 is 10.6. The summed E-state index contributed by atoms with van der Waals surface area (Å²) in [5.74, 6) is 1.43. The lowest BCUT2D eigenvalue weighted by Gasteiger charge is -2.13. The molecule has 0 bridgehead atoms. The zero-order valence-electron chi connectivity index (χ0n) is 15.8. The molecule has 2 aromatic rings. The van der Waals surface area contributed by atoms with Crippen LogP contribution in [0, 0.1) is 6.92 Å². The minimum absolute atomic E-state index is 0.129. The van der Waals surface area contributed by atoms with Gasteiger partial charge in [-0.05, 0) is 55.0 Å². The minimum atomic E-state index is -0.129. The van der Waals surface area contributed by atoms with Crippen LogP contribution in [-0.4, -0.2) is 33.3 Å². The molecule has 0 saturated carbocycles. The molecule has 0 unspecified atom stereocenters. The van der Waals surface area contributed by atoms with Crippen molar-refractivity contribution < 1.29 is 14.3 Å². The van der Waals surface area contributed by atoms with E-state index in [1.165, 1.54) is 5.56 Å². The molecule has 26 heavy (non-hydrogen) atoms. The van der Waals surface area contributed by atoms with Crippen LogP contribution in [0.15, 0.2) is 42.5 Å². The van der Waals surface area contributed by atoms with E-state index in [4.69, 9.17) is 9.47 Å². The van der Waals surface area contributed by atoms with Crippen LogP contribution < -0.4 is 20.1 Å². The fourth-order valence-corrected chi connectivity index (χ4v) is 2.80. The number of methoxy groups -OCH3 is 2. The SMILES string of the molecule is COc1cc(C)c(CCNC(=O)NCCCc2ccccc2)cc1OC. The van der Waals surface area contributed by atoms with Crippen LogP contribution in [-0.2, 0) is 12.8 Å². The number of carbonyl (C=O) groups is 1. The maximum Gasteiger partial charge on any atom is 0.314 e. The van der Waals surface area contributed by atoms with Gasteiger partial charge in [-0.2, -0.15) is 0 Å². The molecule has 2 aromatic carbocycles. The van der Waals surface area contributed by atoms with Crippen molar-refractivity contribution >= 4 is 6.03 Å². The van der Waals surface area contributed by atoms with E-state index >= 15 is 0 Å². The molecule has 0 saturated heterocycles. The average molecular weight is 356 g/mol. The summed E-state index contributed by atoms with van der Waals surface area (Å²) in [5, 5.41) is 5.80. The highest BCUT2D eigenvalue weighted by atomic mass is 16.5. The van der Waals surface area contributed by atoms with Crippen LogP contribution in [0.4, 0.5) is 4.79 Å². The van der Waals surface area contributed by atoms with E-state index < -0.39 is 0 Å². The van der Waals surface area contributed by atoms with Gasteiger partial charge in [-0.15, -0.1) is 0 Å². The van der Waals surface area contributed by atoms with Gasteiger partial charge in [0.2, 0.25) is 0 Å². The van der Waals surface area contributed by atoms with E-state index in [9.17, 15) is 4.79 Å². The fourth-order valence-electron chi connectivity index (χ4n) is 2.80. The van der Waals surface area contributed by atoms with E-state index in [1.54, 1.807) is 14.2 Å². The molecule has 0 aliphatic heterocycles. The number of carbonyl (C=O) groups excluding carboxylic acids is 1. The van der Waals surface area contributed by atoms with Gasteiger partial charge in [-0.1, -0.05) is 30.3 Å². The second-order valence-electron chi connectivity index (χ2n) is 6.16. The monoisotopic (exact) mass is 356 g/mol. The van der Waals surface area contributed by atoms with E-state index in [1.807, 2.05) is 37.3 Å². The Morgan fingerprint density at radius 2 is 1.58 bits per heavy atom. The number of benzene rings is 2. The number of amides is 2. The summed E-state index contributed by atoms with van der Waals surface area (Å²) in [4.78, 5) is 11.9. The first-order valence-electron chi connectivity index (χ1n) is 8.91. The van der Waals surface area contributed by atoms with Crippen LogP contribution in [0.5, 0.6) is 11.5 Å². The smallest absolute Gasteiger partial charge is 0.314 e. The lowest BCUT2D eigenvalue weighted by atomic mass is 10.0. The first-order chi connectivity index (χ1) is 12.6. The van der Waals surface area contributed by atoms with Gasteiger partial charge >= 0.3 is 6.03 Å². The summed E-state index contributed by atoms with van der Waals surface area (Å²) in [6, 6.07) is 14.1. The molecule has 0 aliphatic rings. The molecular formula is C21H28N2O3.